The van der Waals surface area contributed by atoms with Crippen molar-refractivity contribution in [2.24, 2.45) is 0 Å². The third-order valence-electron chi connectivity index (χ3n) is 5.22. The van der Waals surface area contributed by atoms with Crippen LogP contribution in [-0.2, 0) is 6.54 Å². The van der Waals surface area contributed by atoms with E-state index in [1.807, 2.05) is 71.6 Å². The van der Waals surface area contributed by atoms with Gasteiger partial charge in [-0.15, -0.1) is 0 Å². The van der Waals surface area contributed by atoms with E-state index in [1.165, 1.54) is 0 Å². The summed E-state index contributed by atoms with van der Waals surface area (Å²) in [5.74, 6) is -0.0117. The molecule has 2 heterocycles. The number of nitrogens with zero attached hydrogens (tertiary/aromatic N) is 2. The van der Waals surface area contributed by atoms with Crippen LogP contribution in [0.2, 0.25) is 0 Å². The van der Waals surface area contributed by atoms with Gasteiger partial charge >= 0.3 is 0 Å². The van der Waals surface area contributed by atoms with Gasteiger partial charge in [-0.3, -0.25) is 9.89 Å². The molecule has 0 fully saturated rings. The van der Waals surface area contributed by atoms with Crippen LogP contribution in [0.25, 0.3) is 11.3 Å². The highest BCUT2D eigenvalue weighted by Crippen LogP contribution is 2.43. The van der Waals surface area contributed by atoms with Crippen LogP contribution in [0.1, 0.15) is 33.2 Å². The van der Waals surface area contributed by atoms with Crippen LogP contribution in [0.15, 0.2) is 91.0 Å². The number of fused-ring (bicyclic) bond motifs is 1. The van der Waals surface area contributed by atoms with Gasteiger partial charge in [0.25, 0.3) is 5.91 Å². The van der Waals surface area contributed by atoms with E-state index in [1.54, 1.807) is 0 Å². The lowest BCUT2D eigenvalue weighted by Gasteiger charge is -2.26. The van der Waals surface area contributed by atoms with E-state index in [4.69, 9.17) is 0 Å². The number of H-pyrrole nitrogens is 1. The van der Waals surface area contributed by atoms with Gasteiger partial charge in [0, 0.05) is 17.7 Å². The lowest BCUT2D eigenvalue weighted by Crippen LogP contribution is -2.29. The number of carbonyl (C=O) groups is 1. The highest BCUT2D eigenvalue weighted by Gasteiger charge is 2.41. The van der Waals surface area contributed by atoms with Crippen LogP contribution >= 0.6 is 0 Å². The summed E-state index contributed by atoms with van der Waals surface area (Å²) in [6.45, 7) is 0.552. The van der Waals surface area contributed by atoms with Crippen LogP contribution in [0.5, 0.6) is 0 Å². The Morgan fingerprint density at radius 1 is 0.821 bits per heavy atom. The minimum absolute atomic E-state index is 0.0117. The molecule has 1 aromatic heterocycles. The second-order valence-corrected chi connectivity index (χ2v) is 6.96. The van der Waals surface area contributed by atoms with E-state index in [9.17, 15) is 4.79 Å². The third-order valence-corrected chi connectivity index (χ3v) is 5.22. The van der Waals surface area contributed by atoms with Gasteiger partial charge in [-0.05, 0) is 11.1 Å². The number of hydrogen-bond acceptors (Lipinski definition) is 2. The summed E-state index contributed by atoms with van der Waals surface area (Å²) in [5, 5.41) is 7.51. The Bertz CT molecular complexity index is 1100. The first-order valence-electron chi connectivity index (χ1n) is 9.36. The SMILES string of the molecule is O=C1c2[nH]nc(-c3ccccc3)c2C(c2ccccc2)N1Cc1ccccc1. The largest absolute Gasteiger partial charge is 0.322 e. The summed E-state index contributed by atoms with van der Waals surface area (Å²) in [6.07, 6.45) is 0. The molecule has 1 N–H and O–H groups in total. The predicted molar refractivity (Wildman–Crippen MR) is 109 cm³/mol. The molecule has 0 saturated heterocycles. The molecular weight excluding hydrogens is 346 g/mol. The van der Waals surface area contributed by atoms with Crippen molar-refractivity contribution in [1.82, 2.24) is 15.1 Å². The smallest absolute Gasteiger partial charge is 0.273 e. The average Bonchev–Trinajstić information content (AvgIpc) is 3.30. The average molecular weight is 365 g/mol. The van der Waals surface area contributed by atoms with Crippen molar-refractivity contribution in [3.05, 3.63) is 113 Å². The molecule has 1 aliphatic heterocycles. The molecule has 1 amide bonds. The number of amides is 1. The van der Waals surface area contributed by atoms with Crippen molar-refractivity contribution in [3.63, 3.8) is 0 Å². The molecule has 1 aliphatic rings. The molecule has 0 saturated carbocycles. The van der Waals surface area contributed by atoms with Crippen LogP contribution in [0.4, 0.5) is 0 Å². The first-order chi connectivity index (χ1) is 13.8. The maximum Gasteiger partial charge on any atom is 0.273 e. The van der Waals surface area contributed by atoms with Crippen molar-refractivity contribution in [2.45, 2.75) is 12.6 Å². The monoisotopic (exact) mass is 365 g/mol. The summed E-state index contributed by atoms with van der Waals surface area (Å²) < 4.78 is 0. The Hall–Kier alpha value is -3.66. The summed E-state index contributed by atoms with van der Waals surface area (Å²) in [5.41, 5.74) is 5.59. The predicted octanol–water partition coefficient (Wildman–Crippen LogP) is 4.82. The van der Waals surface area contributed by atoms with Crippen LogP contribution in [-0.4, -0.2) is 21.0 Å². The number of carbonyl (C=O) groups excluding carboxylic acids is 1. The lowest BCUT2D eigenvalue weighted by atomic mass is 9.96. The summed E-state index contributed by atoms with van der Waals surface area (Å²) in [6, 6.07) is 30.1. The van der Waals surface area contributed by atoms with Gasteiger partial charge in [0.15, 0.2) is 0 Å². The van der Waals surface area contributed by atoms with E-state index < -0.39 is 0 Å². The number of benzene rings is 3. The molecule has 28 heavy (non-hydrogen) atoms. The van der Waals surface area contributed by atoms with Crippen LogP contribution < -0.4 is 0 Å². The first kappa shape index (κ1) is 16.5. The lowest BCUT2D eigenvalue weighted by molar-refractivity contribution is 0.0730. The quantitative estimate of drug-likeness (QED) is 0.563. The number of hydrogen-bond donors (Lipinski definition) is 1. The zero-order valence-corrected chi connectivity index (χ0v) is 15.2. The van der Waals surface area contributed by atoms with Gasteiger partial charge in [0.1, 0.15) is 5.69 Å². The second-order valence-electron chi connectivity index (χ2n) is 6.96. The number of aromatic nitrogens is 2. The zero-order valence-electron chi connectivity index (χ0n) is 15.2. The van der Waals surface area contributed by atoms with Gasteiger partial charge in [0.2, 0.25) is 0 Å². The first-order valence-corrected chi connectivity index (χ1v) is 9.36. The molecule has 0 bridgehead atoms. The molecule has 136 valence electrons. The van der Waals surface area contributed by atoms with E-state index >= 15 is 0 Å². The normalized spacial score (nSPS) is 15.6. The zero-order chi connectivity index (χ0) is 18.9. The van der Waals surface area contributed by atoms with E-state index in [0.717, 1.165) is 27.9 Å². The van der Waals surface area contributed by atoms with Gasteiger partial charge < -0.3 is 4.90 Å². The van der Waals surface area contributed by atoms with Gasteiger partial charge in [0.05, 0.1) is 11.7 Å². The fraction of sp³-hybridized carbons (Fsp3) is 0.0833. The maximum atomic E-state index is 13.3. The van der Waals surface area contributed by atoms with Crippen LogP contribution in [0, 0.1) is 0 Å². The Balaban J connectivity index is 1.65. The molecule has 0 spiro atoms. The van der Waals surface area contributed by atoms with Gasteiger partial charge in [-0.25, -0.2) is 0 Å². The third kappa shape index (κ3) is 2.70. The molecule has 4 heteroatoms. The summed E-state index contributed by atoms with van der Waals surface area (Å²) >= 11 is 0. The maximum absolute atomic E-state index is 13.3. The standard InChI is InChI=1S/C24H19N3O/c28-24-22-20(21(25-26-22)18-12-6-2-7-13-18)23(19-14-8-3-9-15-19)27(24)16-17-10-4-1-5-11-17/h1-15,23H,16H2,(H,25,26). The van der Waals surface area contributed by atoms with Crippen LogP contribution in [0.3, 0.4) is 0 Å². The Morgan fingerprint density at radius 2 is 1.43 bits per heavy atom. The Labute approximate surface area is 163 Å². The molecule has 0 radical (unpaired) electrons. The molecule has 3 aromatic carbocycles. The van der Waals surface area contributed by atoms with E-state index in [-0.39, 0.29) is 11.9 Å². The molecule has 1 atom stereocenters. The molecule has 1 unspecified atom stereocenters. The molecule has 4 nitrogen and oxygen atoms in total. The molecular formula is C24H19N3O. The molecule has 4 aromatic rings. The van der Waals surface area contributed by atoms with Gasteiger partial charge in [-0.1, -0.05) is 91.0 Å². The number of aromatic amines is 1. The van der Waals surface area contributed by atoms with E-state index in [2.05, 4.69) is 34.5 Å². The second kappa shape index (κ2) is 6.82. The summed E-state index contributed by atoms with van der Waals surface area (Å²) in [7, 11) is 0. The topological polar surface area (TPSA) is 49.0 Å². The minimum atomic E-state index is -0.169. The highest BCUT2D eigenvalue weighted by atomic mass is 16.2. The minimum Gasteiger partial charge on any atom is -0.322 e. The van der Waals surface area contributed by atoms with E-state index in [0.29, 0.717) is 12.2 Å². The van der Waals surface area contributed by atoms with Crippen molar-refractivity contribution in [2.75, 3.05) is 0 Å². The molecule has 5 rings (SSSR count). The Kier molecular flexibility index (Phi) is 4.02. The number of nitrogens with one attached hydrogen (secondary N) is 1. The number of rotatable bonds is 4. The Morgan fingerprint density at radius 3 is 2.11 bits per heavy atom. The van der Waals surface area contributed by atoms with Crippen molar-refractivity contribution >= 4 is 5.91 Å². The fourth-order valence-electron chi connectivity index (χ4n) is 3.94. The van der Waals surface area contributed by atoms with Crippen molar-refractivity contribution in [3.8, 4) is 11.3 Å². The molecule has 0 aliphatic carbocycles. The van der Waals surface area contributed by atoms with Gasteiger partial charge in [-0.2, -0.15) is 5.10 Å². The highest BCUT2D eigenvalue weighted by molar-refractivity contribution is 6.00. The summed E-state index contributed by atoms with van der Waals surface area (Å²) in [4.78, 5) is 15.2. The fourth-order valence-corrected chi connectivity index (χ4v) is 3.94. The van der Waals surface area contributed by atoms with Crippen molar-refractivity contribution in [1.29, 1.82) is 0 Å². The van der Waals surface area contributed by atoms with Crippen molar-refractivity contribution < 1.29 is 4.79 Å².